The maximum atomic E-state index is 13.1. The summed E-state index contributed by atoms with van der Waals surface area (Å²) in [4.78, 5) is -0.903. The first-order valence-corrected chi connectivity index (χ1v) is 7.36. The summed E-state index contributed by atoms with van der Waals surface area (Å²) < 4.78 is 74.3. The molecule has 0 aromatic heterocycles. The van der Waals surface area contributed by atoms with Crippen LogP contribution in [0.1, 0.15) is 0 Å². The maximum absolute atomic E-state index is 13.1. The van der Waals surface area contributed by atoms with Crippen molar-refractivity contribution in [1.29, 1.82) is 0 Å². The van der Waals surface area contributed by atoms with Crippen LogP contribution >= 0.6 is 11.6 Å². The molecule has 0 heterocycles. The van der Waals surface area contributed by atoms with Crippen LogP contribution in [-0.2, 0) is 9.84 Å². The maximum Gasteiger partial charge on any atom is 0.501 e. The minimum atomic E-state index is -5.52. The third-order valence-corrected chi connectivity index (χ3v) is 4.55. The van der Waals surface area contributed by atoms with Crippen molar-refractivity contribution in [2.75, 3.05) is 0 Å². The Morgan fingerprint density at radius 1 is 1.00 bits per heavy atom. The highest BCUT2D eigenvalue weighted by atomic mass is 35.5. The van der Waals surface area contributed by atoms with Crippen molar-refractivity contribution in [2.24, 2.45) is 0 Å². The molecule has 0 fully saturated rings. The number of alkyl halides is 3. The first-order valence-electron chi connectivity index (χ1n) is 5.50. The summed E-state index contributed by atoms with van der Waals surface area (Å²) in [6.07, 6.45) is 0. The first-order chi connectivity index (χ1) is 9.64. The predicted octanol–water partition coefficient (Wildman–Crippen LogP) is 4.44. The standard InChI is InChI=1S/C13H7ClF4O2S/c14-10-7-8(5-6-11(10)15)9-3-1-2-4-12(9)21(19,20)13(16,17)18/h1-7H. The number of sulfone groups is 1. The van der Waals surface area contributed by atoms with Crippen LogP contribution in [-0.4, -0.2) is 13.9 Å². The summed E-state index contributed by atoms with van der Waals surface area (Å²) in [5.41, 5.74) is -5.55. The fourth-order valence-electron chi connectivity index (χ4n) is 1.73. The highest BCUT2D eigenvalue weighted by Crippen LogP contribution is 2.37. The van der Waals surface area contributed by atoms with Crippen molar-refractivity contribution >= 4 is 21.4 Å². The van der Waals surface area contributed by atoms with E-state index in [1.54, 1.807) is 0 Å². The van der Waals surface area contributed by atoms with Gasteiger partial charge in [0.15, 0.2) is 0 Å². The normalized spacial score (nSPS) is 12.4. The molecule has 0 unspecified atom stereocenters. The van der Waals surface area contributed by atoms with Gasteiger partial charge in [-0.25, -0.2) is 12.8 Å². The molecule has 0 aliphatic rings. The summed E-state index contributed by atoms with van der Waals surface area (Å²) in [5.74, 6) is -0.753. The number of hydrogen-bond acceptors (Lipinski definition) is 2. The third-order valence-electron chi connectivity index (χ3n) is 2.71. The van der Waals surface area contributed by atoms with Gasteiger partial charge in [0.05, 0.1) is 9.92 Å². The van der Waals surface area contributed by atoms with E-state index >= 15 is 0 Å². The topological polar surface area (TPSA) is 34.1 Å². The third kappa shape index (κ3) is 2.89. The predicted molar refractivity (Wildman–Crippen MR) is 70.1 cm³/mol. The van der Waals surface area contributed by atoms with Crippen LogP contribution in [0.4, 0.5) is 17.6 Å². The van der Waals surface area contributed by atoms with Gasteiger partial charge in [-0.15, -0.1) is 0 Å². The molecule has 2 nitrogen and oxygen atoms in total. The zero-order valence-corrected chi connectivity index (χ0v) is 11.7. The summed E-state index contributed by atoms with van der Waals surface area (Å²) in [6.45, 7) is 0. The number of hydrogen-bond donors (Lipinski definition) is 0. The lowest BCUT2D eigenvalue weighted by Gasteiger charge is -2.13. The van der Waals surface area contributed by atoms with Gasteiger partial charge in [-0.05, 0) is 23.8 Å². The highest BCUT2D eigenvalue weighted by molar-refractivity contribution is 7.92. The van der Waals surface area contributed by atoms with E-state index < -0.39 is 26.1 Å². The Labute approximate surface area is 122 Å². The Balaban J connectivity index is 2.70. The van der Waals surface area contributed by atoms with Gasteiger partial charge in [0.1, 0.15) is 5.82 Å². The molecular weight excluding hydrogens is 332 g/mol. The molecule has 2 aromatic rings. The van der Waals surface area contributed by atoms with Gasteiger partial charge in [-0.1, -0.05) is 35.9 Å². The van der Waals surface area contributed by atoms with Gasteiger partial charge < -0.3 is 0 Å². The van der Waals surface area contributed by atoms with Crippen molar-refractivity contribution in [3.8, 4) is 11.1 Å². The second kappa shape index (κ2) is 5.31. The van der Waals surface area contributed by atoms with E-state index in [1.807, 2.05) is 0 Å². The number of benzene rings is 2. The van der Waals surface area contributed by atoms with Gasteiger partial charge in [-0.3, -0.25) is 0 Å². The fourth-order valence-corrected chi connectivity index (χ4v) is 2.89. The Bertz CT molecular complexity index is 785. The van der Waals surface area contributed by atoms with Crippen LogP contribution in [0.25, 0.3) is 11.1 Å². The van der Waals surface area contributed by atoms with Gasteiger partial charge in [0.25, 0.3) is 9.84 Å². The molecule has 0 spiro atoms. The van der Waals surface area contributed by atoms with E-state index in [0.29, 0.717) is 0 Å². The quantitative estimate of drug-likeness (QED) is 0.759. The highest BCUT2D eigenvalue weighted by Gasteiger charge is 2.47. The van der Waals surface area contributed by atoms with Crippen LogP contribution in [0.15, 0.2) is 47.4 Å². The lowest BCUT2D eigenvalue weighted by molar-refractivity contribution is -0.0435. The summed E-state index contributed by atoms with van der Waals surface area (Å²) in [5, 5.41) is -0.313. The Morgan fingerprint density at radius 3 is 2.19 bits per heavy atom. The smallest absolute Gasteiger partial charge is 0.214 e. The van der Waals surface area contributed by atoms with Gasteiger partial charge >= 0.3 is 5.51 Å². The molecule has 0 saturated heterocycles. The van der Waals surface area contributed by atoms with E-state index in [2.05, 4.69) is 0 Å². The second-order valence-corrected chi connectivity index (χ2v) is 6.39. The lowest BCUT2D eigenvalue weighted by atomic mass is 10.1. The molecule has 2 aromatic carbocycles. The van der Waals surface area contributed by atoms with Crippen LogP contribution in [0.2, 0.25) is 5.02 Å². The number of rotatable bonds is 2. The van der Waals surface area contributed by atoms with E-state index in [4.69, 9.17) is 11.6 Å². The van der Waals surface area contributed by atoms with Crippen molar-refractivity contribution in [3.05, 3.63) is 53.3 Å². The molecule has 112 valence electrons. The van der Waals surface area contributed by atoms with Crippen LogP contribution in [0, 0.1) is 5.82 Å². The molecular formula is C13H7ClF4O2S. The molecule has 0 radical (unpaired) electrons. The Hall–Kier alpha value is -1.60. The van der Waals surface area contributed by atoms with Crippen molar-refractivity contribution in [3.63, 3.8) is 0 Å². The minimum absolute atomic E-state index is 0.0739. The van der Waals surface area contributed by atoms with E-state index in [9.17, 15) is 26.0 Å². The van der Waals surface area contributed by atoms with Crippen LogP contribution < -0.4 is 0 Å². The molecule has 8 heteroatoms. The van der Waals surface area contributed by atoms with E-state index in [0.717, 1.165) is 24.3 Å². The summed E-state index contributed by atoms with van der Waals surface area (Å²) in [6, 6.07) is 7.77. The Morgan fingerprint density at radius 2 is 1.62 bits per heavy atom. The second-order valence-electron chi connectivity index (χ2n) is 4.07. The average Bonchev–Trinajstić information content (AvgIpc) is 2.40. The molecule has 0 amide bonds. The zero-order valence-electron chi connectivity index (χ0n) is 10.2. The van der Waals surface area contributed by atoms with Crippen LogP contribution in [0.3, 0.4) is 0 Å². The molecule has 0 aliphatic heterocycles. The molecule has 0 saturated carbocycles. The Kier molecular flexibility index (Phi) is 3.99. The molecule has 0 atom stereocenters. The van der Waals surface area contributed by atoms with Gasteiger partial charge in [-0.2, -0.15) is 13.2 Å². The van der Waals surface area contributed by atoms with Crippen molar-refractivity contribution < 1.29 is 26.0 Å². The summed E-state index contributed by atoms with van der Waals surface area (Å²) >= 11 is 5.57. The zero-order chi connectivity index (χ0) is 15.8. The first kappa shape index (κ1) is 15.8. The fraction of sp³-hybridized carbons (Fsp3) is 0.0769. The molecule has 21 heavy (non-hydrogen) atoms. The molecule has 2 rings (SSSR count). The van der Waals surface area contributed by atoms with Gasteiger partial charge in [0.2, 0.25) is 0 Å². The summed E-state index contributed by atoms with van der Waals surface area (Å²) in [7, 11) is -5.52. The minimum Gasteiger partial charge on any atom is -0.214 e. The average molecular weight is 339 g/mol. The SMILES string of the molecule is O=S(=O)(c1ccccc1-c1ccc(F)c(Cl)c1)C(F)(F)F. The van der Waals surface area contributed by atoms with Crippen molar-refractivity contribution in [1.82, 2.24) is 0 Å². The molecule has 0 bridgehead atoms. The molecule has 0 aliphatic carbocycles. The largest absolute Gasteiger partial charge is 0.501 e. The van der Waals surface area contributed by atoms with Crippen LogP contribution in [0.5, 0.6) is 0 Å². The van der Waals surface area contributed by atoms with E-state index in [-0.39, 0.29) is 16.1 Å². The lowest BCUT2D eigenvalue weighted by Crippen LogP contribution is -2.23. The van der Waals surface area contributed by atoms with E-state index in [1.165, 1.54) is 18.2 Å². The number of halogens is 5. The van der Waals surface area contributed by atoms with Crippen molar-refractivity contribution in [2.45, 2.75) is 10.4 Å². The van der Waals surface area contributed by atoms with Gasteiger partial charge in [0, 0.05) is 5.56 Å². The monoisotopic (exact) mass is 338 g/mol. The molecule has 0 N–H and O–H groups in total.